The summed E-state index contributed by atoms with van der Waals surface area (Å²) in [6.07, 6.45) is -0.985. The van der Waals surface area contributed by atoms with Gasteiger partial charge in [-0.25, -0.2) is 14.4 Å². The summed E-state index contributed by atoms with van der Waals surface area (Å²) in [7, 11) is 0. The maximum atomic E-state index is 12.0. The molecule has 9 heteroatoms. The predicted molar refractivity (Wildman–Crippen MR) is 98.1 cm³/mol. The Morgan fingerprint density at radius 2 is 1.68 bits per heavy atom. The number of carboxylic acids is 1. The maximum Gasteiger partial charge on any atom is 0.408 e. The van der Waals surface area contributed by atoms with E-state index in [4.69, 9.17) is 5.11 Å². The summed E-state index contributed by atoms with van der Waals surface area (Å²) in [6.45, 7) is -0.120. The minimum Gasteiger partial charge on any atom is -0.478 e. The predicted octanol–water partition coefficient (Wildman–Crippen LogP) is 1.56. The number of hydrogen-bond acceptors (Lipinski definition) is 4. The molecule has 0 radical (unpaired) electrons. The van der Waals surface area contributed by atoms with Crippen molar-refractivity contribution in [2.75, 3.05) is 19.7 Å². The van der Waals surface area contributed by atoms with Gasteiger partial charge in [0.2, 0.25) is 0 Å². The van der Waals surface area contributed by atoms with Crippen molar-refractivity contribution in [2.45, 2.75) is 31.3 Å². The second-order valence-electron chi connectivity index (χ2n) is 6.97. The fourth-order valence-corrected chi connectivity index (χ4v) is 4.05. The third kappa shape index (κ3) is 3.65. The number of piperazine rings is 1. The Morgan fingerprint density at radius 1 is 1.00 bits per heavy atom. The molecule has 0 aromatic heterocycles. The number of benzene rings is 1. The van der Waals surface area contributed by atoms with E-state index in [0.29, 0.717) is 24.0 Å². The molecule has 1 saturated heterocycles. The molecule has 1 fully saturated rings. The Balaban J connectivity index is 2.02. The summed E-state index contributed by atoms with van der Waals surface area (Å²) in [5.41, 5.74) is 2.16. The van der Waals surface area contributed by atoms with Crippen molar-refractivity contribution in [2.24, 2.45) is 0 Å². The van der Waals surface area contributed by atoms with Crippen molar-refractivity contribution in [3.05, 3.63) is 41.0 Å². The number of aliphatic hydroxyl groups excluding tert-OH is 1. The average Bonchev–Trinajstić information content (AvgIpc) is 2.64. The first-order valence-electron chi connectivity index (χ1n) is 8.99. The van der Waals surface area contributed by atoms with Gasteiger partial charge < -0.3 is 25.3 Å². The van der Waals surface area contributed by atoms with Gasteiger partial charge in [0.1, 0.15) is 0 Å². The molecule has 0 saturated carbocycles. The van der Waals surface area contributed by atoms with Crippen molar-refractivity contribution in [1.82, 2.24) is 9.80 Å². The summed E-state index contributed by atoms with van der Waals surface area (Å²) in [4.78, 5) is 37.3. The molecule has 2 heterocycles. The lowest BCUT2D eigenvalue weighted by molar-refractivity contribution is -0.133. The van der Waals surface area contributed by atoms with Crippen LogP contribution in [-0.4, -0.2) is 80.2 Å². The molecule has 0 unspecified atom stereocenters. The second-order valence-corrected chi connectivity index (χ2v) is 6.97. The fraction of sp³-hybridized carbons (Fsp3) is 0.421. The molecule has 2 atom stereocenters. The molecule has 0 aliphatic carbocycles. The number of aliphatic hydroxyl groups is 1. The Labute approximate surface area is 161 Å². The SMILES string of the molecule is O=C(O)C1=C(c2ccc(CCCO)cc2)C[C@@H]2CN(C(=O)O)C[C@H]1N2C(=O)O. The summed E-state index contributed by atoms with van der Waals surface area (Å²) >= 11 is 0. The molecular formula is C19H22N2O7. The molecule has 2 aliphatic heterocycles. The third-order valence-corrected chi connectivity index (χ3v) is 5.30. The molecule has 2 aliphatic rings. The smallest absolute Gasteiger partial charge is 0.408 e. The van der Waals surface area contributed by atoms with Crippen LogP contribution in [0.1, 0.15) is 24.0 Å². The van der Waals surface area contributed by atoms with Crippen LogP contribution >= 0.6 is 0 Å². The molecule has 4 N–H and O–H groups in total. The van der Waals surface area contributed by atoms with E-state index in [0.717, 1.165) is 15.4 Å². The van der Waals surface area contributed by atoms with E-state index in [9.17, 15) is 29.7 Å². The summed E-state index contributed by atoms with van der Waals surface area (Å²) in [6, 6.07) is 5.63. The molecule has 28 heavy (non-hydrogen) atoms. The van der Waals surface area contributed by atoms with E-state index in [1.54, 1.807) is 12.1 Å². The molecule has 2 bridgehead atoms. The van der Waals surface area contributed by atoms with E-state index in [-0.39, 0.29) is 31.7 Å². The van der Waals surface area contributed by atoms with Gasteiger partial charge in [0.05, 0.1) is 17.7 Å². The zero-order chi connectivity index (χ0) is 20.4. The molecule has 150 valence electrons. The first-order chi connectivity index (χ1) is 13.3. The van der Waals surface area contributed by atoms with Crippen LogP contribution in [0.15, 0.2) is 29.8 Å². The first kappa shape index (κ1) is 19.7. The number of hydrogen-bond donors (Lipinski definition) is 4. The van der Waals surface area contributed by atoms with Gasteiger partial charge in [0.25, 0.3) is 0 Å². The number of carbonyl (C=O) groups is 3. The van der Waals surface area contributed by atoms with Crippen LogP contribution in [0.2, 0.25) is 0 Å². The zero-order valence-electron chi connectivity index (χ0n) is 15.1. The topological polar surface area (TPSA) is 139 Å². The number of aliphatic carboxylic acids is 1. The summed E-state index contributed by atoms with van der Waals surface area (Å²) < 4.78 is 0. The molecule has 1 aromatic carbocycles. The number of fused-ring (bicyclic) bond motifs is 2. The number of aryl methyl sites for hydroxylation is 1. The molecule has 0 spiro atoms. The quantitative estimate of drug-likeness (QED) is 0.598. The monoisotopic (exact) mass is 390 g/mol. The van der Waals surface area contributed by atoms with Crippen LogP contribution in [0.5, 0.6) is 0 Å². The van der Waals surface area contributed by atoms with E-state index in [1.165, 1.54) is 0 Å². The molecular weight excluding hydrogens is 368 g/mol. The van der Waals surface area contributed by atoms with Crippen molar-refractivity contribution in [1.29, 1.82) is 0 Å². The normalized spacial score (nSPS) is 21.6. The Kier molecular flexibility index (Phi) is 5.55. The van der Waals surface area contributed by atoms with Crippen molar-refractivity contribution >= 4 is 23.7 Å². The summed E-state index contributed by atoms with van der Waals surface area (Å²) in [5, 5.41) is 37.6. The van der Waals surface area contributed by atoms with Crippen molar-refractivity contribution in [3.63, 3.8) is 0 Å². The van der Waals surface area contributed by atoms with E-state index in [1.807, 2.05) is 12.1 Å². The third-order valence-electron chi connectivity index (χ3n) is 5.30. The van der Waals surface area contributed by atoms with Gasteiger partial charge in [0, 0.05) is 19.7 Å². The van der Waals surface area contributed by atoms with Gasteiger partial charge in [-0.1, -0.05) is 24.3 Å². The van der Waals surface area contributed by atoms with Crippen LogP contribution in [0, 0.1) is 0 Å². The Hall–Kier alpha value is -3.07. The van der Waals surface area contributed by atoms with Crippen LogP contribution in [-0.2, 0) is 11.2 Å². The average molecular weight is 390 g/mol. The summed E-state index contributed by atoms with van der Waals surface area (Å²) in [5.74, 6) is -1.25. The van der Waals surface area contributed by atoms with Crippen molar-refractivity contribution < 1.29 is 34.8 Å². The Morgan fingerprint density at radius 3 is 2.21 bits per heavy atom. The highest BCUT2D eigenvalue weighted by molar-refractivity contribution is 5.99. The number of amides is 2. The fourth-order valence-electron chi connectivity index (χ4n) is 4.05. The van der Waals surface area contributed by atoms with Gasteiger partial charge >= 0.3 is 18.2 Å². The zero-order valence-corrected chi connectivity index (χ0v) is 15.1. The van der Waals surface area contributed by atoms with Gasteiger partial charge in [-0.3, -0.25) is 4.90 Å². The van der Waals surface area contributed by atoms with E-state index >= 15 is 0 Å². The lowest BCUT2D eigenvalue weighted by Gasteiger charge is -2.48. The highest BCUT2D eigenvalue weighted by Crippen LogP contribution is 2.38. The minimum absolute atomic E-state index is 0.00309. The standard InChI is InChI=1S/C19H22N2O7/c22-7-1-2-11-3-5-12(6-4-11)14-8-13-9-20(18(25)26)10-15(16(14)17(23)24)21(13)19(27)28/h3-6,13,15,22H,1-2,7-10H2,(H,23,24)(H,25,26)(H,27,28)/t13-,15-/m1/s1. The number of carboxylic acid groups (broad SMARTS) is 3. The van der Waals surface area contributed by atoms with Gasteiger partial charge in [0.15, 0.2) is 0 Å². The Bertz CT molecular complexity index is 818. The molecule has 1 aromatic rings. The van der Waals surface area contributed by atoms with Crippen LogP contribution in [0.25, 0.3) is 5.57 Å². The van der Waals surface area contributed by atoms with E-state index in [2.05, 4.69) is 0 Å². The second kappa shape index (κ2) is 7.89. The number of rotatable bonds is 5. The lowest BCUT2D eigenvalue weighted by atomic mass is 9.82. The largest absolute Gasteiger partial charge is 0.478 e. The van der Waals surface area contributed by atoms with Crippen LogP contribution in [0.3, 0.4) is 0 Å². The van der Waals surface area contributed by atoms with E-state index < -0.39 is 30.2 Å². The van der Waals surface area contributed by atoms with Gasteiger partial charge in [-0.2, -0.15) is 0 Å². The minimum atomic E-state index is -1.25. The van der Waals surface area contributed by atoms with Crippen LogP contribution < -0.4 is 0 Å². The van der Waals surface area contributed by atoms with Crippen molar-refractivity contribution in [3.8, 4) is 0 Å². The highest BCUT2D eigenvalue weighted by atomic mass is 16.4. The highest BCUT2D eigenvalue weighted by Gasteiger charge is 2.47. The van der Waals surface area contributed by atoms with Gasteiger partial charge in [-0.05, 0) is 36.0 Å². The van der Waals surface area contributed by atoms with Crippen LogP contribution in [0.4, 0.5) is 9.59 Å². The molecule has 9 nitrogen and oxygen atoms in total. The molecule has 3 rings (SSSR count). The first-order valence-corrected chi connectivity index (χ1v) is 8.99. The molecule has 2 amide bonds. The lowest BCUT2D eigenvalue weighted by Crippen LogP contribution is -2.64. The number of nitrogens with zero attached hydrogens (tertiary/aromatic N) is 2. The maximum absolute atomic E-state index is 12.0. The van der Waals surface area contributed by atoms with Gasteiger partial charge in [-0.15, -0.1) is 0 Å².